The standard InChI is InChI=1S/C16H24N2O/c1-13(2)7-5-8-14(3)9-6-10-15(4)11-16(19)12-18-17/h7,9,11-12H,5-6,8,10H2,1-4H3. The van der Waals surface area contributed by atoms with E-state index in [1.54, 1.807) is 0 Å². The third kappa shape index (κ3) is 11.1. The van der Waals surface area contributed by atoms with E-state index < -0.39 is 0 Å². The van der Waals surface area contributed by atoms with Crippen LogP contribution >= 0.6 is 0 Å². The van der Waals surface area contributed by atoms with Crippen molar-refractivity contribution >= 4 is 12.0 Å². The minimum atomic E-state index is -0.274. The van der Waals surface area contributed by atoms with Crippen molar-refractivity contribution in [3.8, 4) is 0 Å². The number of ketones is 1. The SMILES string of the molecule is CC(C)=CCCC(C)=CCCC(C)=CC(=O)C=[N+]=[N-]. The Morgan fingerprint density at radius 2 is 1.58 bits per heavy atom. The summed E-state index contributed by atoms with van der Waals surface area (Å²) in [5, 5.41) is 0. The summed E-state index contributed by atoms with van der Waals surface area (Å²) < 4.78 is 0. The summed E-state index contributed by atoms with van der Waals surface area (Å²) in [6, 6.07) is 0. The summed E-state index contributed by atoms with van der Waals surface area (Å²) in [5.41, 5.74) is 12.0. The quantitative estimate of drug-likeness (QED) is 0.211. The average Bonchev–Trinajstić information content (AvgIpc) is 2.28. The fourth-order valence-corrected chi connectivity index (χ4v) is 1.65. The summed E-state index contributed by atoms with van der Waals surface area (Å²) in [6.45, 7) is 8.27. The molecule has 0 bridgehead atoms. The van der Waals surface area contributed by atoms with Crippen LogP contribution in [0.5, 0.6) is 0 Å². The van der Waals surface area contributed by atoms with Crippen LogP contribution in [0.3, 0.4) is 0 Å². The van der Waals surface area contributed by atoms with Crippen molar-refractivity contribution in [1.82, 2.24) is 0 Å². The second kappa shape index (κ2) is 10.2. The Labute approximate surface area is 116 Å². The lowest BCUT2D eigenvalue weighted by Gasteiger charge is -2.00. The second-order valence-corrected chi connectivity index (χ2v) is 5.05. The predicted octanol–water partition coefficient (Wildman–Crippen LogP) is 4.28. The molecule has 0 aliphatic heterocycles. The van der Waals surface area contributed by atoms with Crippen LogP contribution in [0.4, 0.5) is 0 Å². The van der Waals surface area contributed by atoms with E-state index in [1.165, 1.54) is 17.2 Å². The van der Waals surface area contributed by atoms with Gasteiger partial charge in [0.05, 0.1) is 0 Å². The molecule has 0 N–H and O–H groups in total. The van der Waals surface area contributed by atoms with Gasteiger partial charge in [0.1, 0.15) is 0 Å². The highest BCUT2D eigenvalue weighted by Gasteiger charge is 1.98. The van der Waals surface area contributed by atoms with E-state index in [0.29, 0.717) is 0 Å². The zero-order valence-electron chi connectivity index (χ0n) is 12.4. The molecule has 0 aliphatic rings. The lowest BCUT2D eigenvalue weighted by Crippen LogP contribution is -1.95. The maximum atomic E-state index is 11.1. The molecule has 0 radical (unpaired) electrons. The zero-order chi connectivity index (χ0) is 14.7. The summed E-state index contributed by atoms with van der Waals surface area (Å²) >= 11 is 0. The lowest BCUT2D eigenvalue weighted by atomic mass is 10.1. The number of carbonyl (C=O) groups excluding carboxylic acids is 1. The summed E-state index contributed by atoms with van der Waals surface area (Å²) in [7, 11) is 0. The van der Waals surface area contributed by atoms with Crippen LogP contribution in [0.25, 0.3) is 5.53 Å². The summed E-state index contributed by atoms with van der Waals surface area (Å²) in [6.07, 6.45) is 10.8. The normalized spacial score (nSPS) is 11.8. The monoisotopic (exact) mass is 260 g/mol. The van der Waals surface area contributed by atoms with Crippen LogP contribution in [-0.2, 0) is 4.79 Å². The van der Waals surface area contributed by atoms with Gasteiger partial charge < -0.3 is 5.53 Å². The van der Waals surface area contributed by atoms with Crippen molar-refractivity contribution in [3.05, 3.63) is 40.5 Å². The molecule has 0 aromatic rings. The lowest BCUT2D eigenvalue weighted by molar-refractivity contribution is -0.111. The molecule has 0 aromatic carbocycles. The number of allylic oxidation sites excluding steroid dienone is 6. The molecular weight excluding hydrogens is 236 g/mol. The van der Waals surface area contributed by atoms with Gasteiger partial charge in [0.15, 0.2) is 0 Å². The fourth-order valence-electron chi connectivity index (χ4n) is 1.65. The van der Waals surface area contributed by atoms with Crippen LogP contribution in [0.2, 0.25) is 0 Å². The third-order valence-corrected chi connectivity index (χ3v) is 2.70. The van der Waals surface area contributed by atoms with Crippen molar-refractivity contribution in [3.63, 3.8) is 0 Å². The molecule has 104 valence electrons. The average molecular weight is 260 g/mol. The van der Waals surface area contributed by atoms with E-state index in [4.69, 9.17) is 5.53 Å². The molecule has 3 nitrogen and oxygen atoms in total. The first-order valence-corrected chi connectivity index (χ1v) is 6.63. The molecule has 0 fully saturated rings. The number of nitrogens with zero attached hydrogens (tertiary/aromatic N) is 2. The maximum absolute atomic E-state index is 11.1. The highest BCUT2D eigenvalue weighted by atomic mass is 16.1. The highest BCUT2D eigenvalue weighted by molar-refractivity contribution is 6.30. The summed E-state index contributed by atoms with van der Waals surface area (Å²) in [5.74, 6) is -0.274. The first-order chi connectivity index (χ1) is 8.95. The van der Waals surface area contributed by atoms with Crippen LogP contribution in [0.1, 0.15) is 53.4 Å². The molecule has 0 rings (SSSR count). The van der Waals surface area contributed by atoms with Gasteiger partial charge in [-0.05, 0) is 59.5 Å². The Morgan fingerprint density at radius 3 is 2.16 bits per heavy atom. The first-order valence-electron chi connectivity index (χ1n) is 6.63. The Kier molecular flexibility index (Phi) is 9.29. The van der Waals surface area contributed by atoms with Crippen molar-refractivity contribution in [1.29, 1.82) is 0 Å². The number of hydrogen-bond acceptors (Lipinski definition) is 1. The van der Waals surface area contributed by atoms with Gasteiger partial charge in [-0.15, -0.1) is 0 Å². The molecule has 0 unspecified atom stereocenters. The van der Waals surface area contributed by atoms with Crippen LogP contribution in [-0.4, -0.2) is 16.8 Å². The van der Waals surface area contributed by atoms with E-state index in [1.807, 2.05) is 6.92 Å². The van der Waals surface area contributed by atoms with Crippen molar-refractivity contribution in [2.24, 2.45) is 0 Å². The molecule has 3 heteroatoms. The van der Waals surface area contributed by atoms with Crippen molar-refractivity contribution in [2.45, 2.75) is 53.4 Å². The van der Waals surface area contributed by atoms with E-state index in [9.17, 15) is 4.79 Å². The minimum absolute atomic E-state index is 0.274. The van der Waals surface area contributed by atoms with Gasteiger partial charge in [-0.2, -0.15) is 4.79 Å². The molecule has 0 aromatic heterocycles. The van der Waals surface area contributed by atoms with Gasteiger partial charge >= 0.3 is 6.21 Å². The largest absolute Gasteiger partial charge is 0.361 e. The second-order valence-electron chi connectivity index (χ2n) is 5.05. The molecule has 0 saturated carbocycles. The smallest absolute Gasteiger partial charge is 0.327 e. The molecule has 0 amide bonds. The van der Waals surface area contributed by atoms with Crippen LogP contribution < -0.4 is 0 Å². The Bertz CT molecular complexity index is 432. The zero-order valence-corrected chi connectivity index (χ0v) is 12.4. The minimum Gasteiger partial charge on any atom is -0.361 e. The van der Waals surface area contributed by atoms with Gasteiger partial charge in [0.2, 0.25) is 0 Å². The van der Waals surface area contributed by atoms with Crippen molar-refractivity contribution in [2.75, 3.05) is 0 Å². The summed E-state index contributed by atoms with van der Waals surface area (Å²) in [4.78, 5) is 13.9. The van der Waals surface area contributed by atoms with Crippen LogP contribution in [0, 0.1) is 0 Å². The van der Waals surface area contributed by atoms with Gasteiger partial charge in [0, 0.05) is 0 Å². The Balaban J connectivity index is 4.09. The first kappa shape index (κ1) is 17.3. The molecular formula is C16H24N2O. The van der Waals surface area contributed by atoms with Crippen molar-refractivity contribution < 1.29 is 9.58 Å². The Morgan fingerprint density at radius 1 is 1.00 bits per heavy atom. The van der Waals surface area contributed by atoms with E-state index in [-0.39, 0.29) is 5.78 Å². The molecule has 0 spiro atoms. The van der Waals surface area contributed by atoms with Gasteiger partial charge in [-0.1, -0.05) is 28.9 Å². The van der Waals surface area contributed by atoms with E-state index >= 15 is 0 Å². The molecule has 0 atom stereocenters. The molecule has 0 aliphatic carbocycles. The maximum Gasteiger partial charge on any atom is 0.327 e. The van der Waals surface area contributed by atoms with E-state index in [2.05, 4.69) is 37.7 Å². The fraction of sp³-hybridized carbons (Fsp3) is 0.500. The topological polar surface area (TPSA) is 53.5 Å². The molecule has 19 heavy (non-hydrogen) atoms. The third-order valence-electron chi connectivity index (χ3n) is 2.70. The van der Waals surface area contributed by atoms with Gasteiger partial charge in [-0.3, -0.25) is 4.79 Å². The highest BCUT2D eigenvalue weighted by Crippen LogP contribution is 2.11. The number of carbonyl (C=O) groups is 1. The molecule has 0 saturated heterocycles. The van der Waals surface area contributed by atoms with E-state index in [0.717, 1.165) is 37.5 Å². The number of rotatable bonds is 8. The van der Waals surface area contributed by atoms with Gasteiger partial charge in [-0.25, -0.2) is 0 Å². The number of hydrogen-bond donors (Lipinski definition) is 0. The van der Waals surface area contributed by atoms with Crippen LogP contribution in [0.15, 0.2) is 34.9 Å². The molecule has 0 heterocycles. The predicted molar refractivity (Wildman–Crippen MR) is 80.1 cm³/mol. The Hall–Kier alpha value is -1.73. The van der Waals surface area contributed by atoms with Gasteiger partial charge in [0.25, 0.3) is 5.78 Å².